The fraction of sp³-hybridized carbons (Fsp3) is 0.200. The van der Waals surface area contributed by atoms with Crippen molar-refractivity contribution < 1.29 is 79.4 Å². The Kier molecular flexibility index (Phi) is 37.0. The minimum Gasteiger partial charge on any atom is -1.00 e. The van der Waals surface area contributed by atoms with Crippen molar-refractivity contribution >= 4 is 69.2 Å². The van der Waals surface area contributed by atoms with E-state index in [1.54, 1.807) is 60.9 Å². The zero-order valence-electron chi connectivity index (χ0n) is 24.7. The maximum Gasteiger partial charge on any atom is 2.00 e. The molecule has 214 valence electrons. The molecule has 0 saturated heterocycles. The molecule has 0 unspecified atom stereocenters. The Hall–Kier alpha value is -0.581. The van der Waals surface area contributed by atoms with Crippen LogP contribution in [0, 0.1) is 18.2 Å². The molecule has 0 atom stereocenters. The first-order valence-electron chi connectivity index (χ1n) is 11.0. The van der Waals surface area contributed by atoms with Gasteiger partial charge in [-0.2, -0.15) is 24.3 Å². The fourth-order valence-electron chi connectivity index (χ4n) is 2.95. The van der Waals surface area contributed by atoms with Crippen LogP contribution in [0.3, 0.4) is 0 Å². The first kappa shape index (κ1) is 51.0. The second-order valence-electron chi connectivity index (χ2n) is 6.92. The molecule has 0 amide bonds. The van der Waals surface area contributed by atoms with Gasteiger partial charge in [-0.25, -0.2) is 0 Å². The van der Waals surface area contributed by atoms with Crippen LogP contribution in [0.2, 0.25) is 0 Å². The molecule has 12 heteroatoms. The average Bonchev–Trinajstić information content (AvgIpc) is 2.97. The van der Waals surface area contributed by atoms with E-state index >= 15 is 0 Å². The second-order valence-corrected chi connectivity index (χ2v) is 6.92. The third-order valence-electron chi connectivity index (χ3n) is 4.82. The van der Waals surface area contributed by atoms with Crippen LogP contribution >= 0.6 is 0 Å². The monoisotopic (exact) mass is 796 g/mol. The Bertz CT molecular complexity index is 1150. The van der Waals surface area contributed by atoms with E-state index in [-0.39, 0.29) is 120 Å². The molecule has 42 heavy (non-hydrogen) atoms. The Morgan fingerprint density at radius 1 is 0.476 bits per heavy atom. The quantitative estimate of drug-likeness (QED) is 0.141. The van der Waals surface area contributed by atoms with Gasteiger partial charge in [0.2, 0.25) is 0 Å². The van der Waals surface area contributed by atoms with Crippen LogP contribution in [0.1, 0.15) is 0 Å². The summed E-state index contributed by atoms with van der Waals surface area (Å²) in [5, 5.41) is 0. The van der Waals surface area contributed by atoms with Crippen molar-refractivity contribution in [3.63, 3.8) is 0 Å². The Morgan fingerprint density at radius 3 is 1.52 bits per heavy atom. The summed E-state index contributed by atoms with van der Waals surface area (Å²) in [5.41, 5.74) is 2.36. The van der Waals surface area contributed by atoms with E-state index in [1.165, 1.54) is 5.56 Å². The summed E-state index contributed by atoms with van der Waals surface area (Å²) >= 11 is 0. The molecule has 0 aromatic heterocycles. The number of ether oxygens (including phenoxy) is 6. The minimum absolute atomic E-state index is 0. The van der Waals surface area contributed by atoms with E-state index < -0.39 is 0 Å². The van der Waals surface area contributed by atoms with E-state index in [9.17, 15) is 0 Å². The van der Waals surface area contributed by atoms with Crippen LogP contribution in [-0.2, 0) is 0 Å². The molecule has 4 aromatic carbocycles. The van der Waals surface area contributed by atoms with Gasteiger partial charge in [-0.05, 0) is 0 Å². The number of methoxy groups -OCH3 is 6. The average molecular weight is 800 g/mol. The molecule has 0 fully saturated rings. The number of halogens is 3. The fourth-order valence-corrected chi connectivity index (χ4v) is 2.95. The SMILES string of the molecule is COc1[c-]cc(-c2ccccc2)cc1.COc1[c-]cccc1OC.COc1c[c-]c(OC)c(OC)c1.[Br-].[Br-].[Br-].[Mg+2].[Mg+2].[Mg+2]. The van der Waals surface area contributed by atoms with Gasteiger partial charge in [0.25, 0.3) is 0 Å². The minimum atomic E-state index is 0. The summed E-state index contributed by atoms with van der Waals surface area (Å²) in [6, 6.07) is 33.8. The Labute approximate surface area is 330 Å². The predicted molar refractivity (Wildman–Crippen MR) is 158 cm³/mol. The van der Waals surface area contributed by atoms with Crippen molar-refractivity contribution in [2.45, 2.75) is 0 Å². The molecule has 0 aliphatic heterocycles. The third-order valence-corrected chi connectivity index (χ3v) is 4.82. The van der Waals surface area contributed by atoms with E-state index in [1.807, 2.05) is 48.5 Å². The van der Waals surface area contributed by atoms with Crippen LogP contribution in [0.25, 0.3) is 11.1 Å². The summed E-state index contributed by atoms with van der Waals surface area (Å²) in [4.78, 5) is 0. The first-order valence-corrected chi connectivity index (χ1v) is 11.0. The van der Waals surface area contributed by atoms with Crippen molar-refractivity contribution in [2.75, 3.05) is 42.7 Å². The van der Waals surface area contributed by atoms with E-state index in [4.69, 9.17) is 28.4 Å². The van der Waals surface area contributed by atoms with E-state index in [2.05, 4.69) is 30.3 Å². The third kappa shape index (κ3) is 17.6. The van der Waals surface area contributed by atoms with E-state index in [0.29, 0.717) is 28.7 Å². The molecule has 0 heterocycles. The second kappa shape index (κ2) is 30.4. The van der Waals surface area contributed by atoms with Gasteiger partial charge >= 0.3 is 69.2 Å². The summed E-state index contributed by atoms with van der Waals surface area (Å²) in [6.45, 7) is 0. The maximum absolute atomic E-state index is 5.05. The zero-order chi connectivity index (χ0) is 26.2. The van der Waals surface area contributed by atoms with Gasteiger partial charge < -0.3 is 79.4 Å². The van der Waals surface area contributed by atoms with Gasteiger partial charge in [0.05, 0.1) is 48.4 Å². The van der Waals surface area contributed by atoms with Crippen molar-refractivity contribution in [2.24, 2.45) is 0 Å². The molecule has 0 N–H and O–H groups in total. The Balaban J connectivity index is -0.000000154. The van der Waals surface area contributed by atoms with Gasteiger partial charge in [0.15, 0.2) is 0 Å². The maximum atomic E-state index is 5.05. The summed E-state index contributed by atoms with van der Waals surface area (Å²) in [6.07, 6.45) is 0. The van der Waals surface area contributed by atoms with Crippen molar-refractivity contribution in [1.82, 2.24) is 0 Å². The molecule has 0 radical (unpaired) electrons. The molecule has 0 spiro atoms. The number of rotatable bonds is 7. The molecule has 0 bridgehead atoms. The normalized spacial score (nSPS) is 8.05. The standard InChI is InChI=1S/C13H11O.C9H11O3.C8H9O2.3BrH.3Mg/c1-14-13-9-7-12(8-10-13)11-5-3-2-4-6-11;1-10-7-4-5-8(11-2)9(6-7)12-3;1-9-7-5-3-4-6-8(7)10-2;;;;;;/h2-9H,1H3;4,6H,1-3H3;3-5H,1-2H3;3*1H;;;/q3*-1;;;;3*+2/p-3. The first-order chi connectivity index (χ1) is 17.6. The van der Waals surface area contributed by atoms with Crippen molar-refractivity contribution in [3.05, 3.63) is 97.1 Å². The van der Waals surface area contributed by atoms with Crippen LogP contribution in [0.15, 0.2) is 78.9 Å². The van der Waals surface area contributed by atoms with Crippen molar-refractivity contribution in [1.29, 1.82) is 0 Å². The molecule has 0 aliphatic rings. The molecule has 4 rings (SSSR count). The van der Waals surface area contributed by atoms with E-state index in [0.717, 1.165) is 11.3 Å². The zero-order valence-corrected chi connectivity index (χ0v) is 33.7. The molecular weight excluding hydrogens is 769 g/mol. The summed E-state index contributed by atoms with van der Waals surface area (Å²) < 4.78 is 30.0. The van der Waals surface area contributed by atoms with Gasteiger partial charge in [0, 0.05) is 28.7 Å². The topological polar surface area (TPSA) is 55.4 Å². The van der Waals surface area contributed by atoms with Crippen molar-refractivity contribution in [3.8, 4) is 45.6 Å². The molecule has 6 nitrogen and oxygen atoms in total. The Morgan fingerprint density at radius 2 is 1.07 bits per heavy atom. The van der Waals surface area contributed by atoms with Crippen LogP contribution < -0.4 is 79.4 Å². The van der Waals surface area contributed by atoms with Gasteiger partial charge in [-0.3, -0.25) is 0 Å². The van der Waals surface area contributed by atoms with Gasteiger partial charge in [0.1, 0.15) is 0 Å². The van der Waals surface area contributed by atoms with Gasteiger partial charge in [-0.1, -0.05) is 42.0 Å². The number of benzene rings is 4. The number of para-hydroxylation sites is 1. The van der Waals surface area contributed by atoms with Crippen LogP contribution in [0.4, 0.5) is 0 Å². The number of hydrogen-bond donors (Lipinski definition) is 0. The van der Waals surface area contributed by atoms with Crippen LogP contribution in [-0.4, -0.2) is 112 Å². The smallest absolute Gasteiger partial charge is 1.00 e. The molecule has 0 saturated carbocycles. The molecule has 4 aromatic rings. The molecular formula is C30H31Br3Mg3O6. The number of hydrogen-bond acceptors (Lipinski definition) is 6. The summed E-state index contributed by atoms with van der Waals surface area (Å²) in [5.74, 6) is 4.03. The van der Waals surface area contributed by atoms with Crippen LogP contribution in [0.5, 0.6) is 34.5 Å². The van der Waals surface area contributed by atoms with Gasteiger partial charge in [-0.15, -0.1) is 42.0 Å². The predicted octanol–water partition coefficient (Wildman–Crippen LogP) is -3.95. The largest absolute Gasteiger partial charge is 2.00 e. The summed E-state index contributed by atoms with van der Waals surface area (Å²) in [7, 11) is 9.58. The molecule has 0 aliphatic carbocycles.